The van der Waals surface area contributed by atoms with E-state index in [1.54, 1.807) is 0 Å². The fourth-order valence-electron chi connectivity index (χ4n) is 3.45. The average molecular weight is 253 g/mol. The van der Waals surface area contributed by atoms with Crippen LogP contribution >= 0.6 is 0 Å². The summed E-state index contributed by atoms with van der Waals surface area (Å²) in [6.07, 6.45) is 11.4. The highest BCUT2D eigenvalue weighted by molar-refractivity contribution is 4.79. The van der Waals surface area contributed by atoms with Gasteiger partial charge in [-0.1, -0.05) is 33.1 Å². The lowest BCUT2D eigenvalue weighted by Gasteiger charge is -2.32. The Morgan fingerprint density at radius 1 is 0.944 bits per heavy atom. The van der Waals surface area contributed by atoms with Crippen LogP contribution in [0.1, 0.15) is 65.2 Å². The zero-order valence-electron chi connectivity index (χ0n) is 12.3. The second-order valence-corrected chi connectivity index (χ2v) is 6.55. The molecule has 2 aliphatic rings. The van der Waals surface area contributed by atoms with Gasteiger partial charge in [-0.05, 0) is 43.9 Å². The maximum Gasteiger partial charge on any atom is 0.0594 e. The van der Waals surface area contributed by atoms with E-state index in [0.717, 1.165) is 31.0 Å². The zero-order valence-corrected chi connectivity index (χ0v) is 12.3. The SMILES string of the molecule is CC1CCC(NCCOC2CCCCC2)CC1C. The number of rotatable bonds is 5. The van der Waals surface area contributed by atoms with Crippen LogP contribution in [0.25, 0.3) is 0 Å². The molecule has 2 nitrogen and oxygen atoms in total. The summed E-state index contributed by atoms with van der Waals surface area (Å²) in [5, 5.41) is 3.69. The quantitative estimate of drug-likeness (QED) is 0.753. The van der Waals surface area contributed by atoms with Crippen LogP contribution in [0.3, 0.4) is 0 Å². The first kappa shape index (κ1) is 14.3. The van der Waals surface area contributed by atoms with E-state index < -0.39 is 0 Å². The molecule has 2 heteroatoms. The zero-order chi connectivity index (χ0) is 12.8. The fraction of sp³-hybridized carbons (Fsp3) is 1.00. The van der Waals surface area contributed by atoms with Crippen LogP contribution in [0.5, 0.6) is 0 Å². The lowest BCUT2D eigenvalue weighted by molar-refractivity contribution is 0.0283. The smallest absolute Gasteiger partial charge is 0.0594 e. The maximum absolute atomic E-state index is 5.96. The van der Waals surface area contributed by atoms with Crippen LogP contribution in [0, 0.1) is 11.8 Å². The molecule has 2 rings (SSSR count). The highest BCUT2D eigenvalue weighted by Crippen LogP contribution is 2.29. The van der Waals surface area contributed by atoms with Gasteiger partial charge < -0.3 is 10.1 Å². The minimum Gasteiger partial charge on any atom is -0.377 e. The molecule has 0 radical (unpaired) electrons. The first-order valence-electron chi connectivity index (χ1n) is 8.10. The number of hydrogen-bond acceptors (Lipinski definition) is 2. The van der Waals surface area contributed by atoms with E-state index in [4.69, 9.17) is 4.74 Å². The normalized spacial score (nSPS) is 34.7. The molecule has 0 spiro atoms. The molecule has 2 aliphatic carbocycles. The van der Waals surface area contributed by atoms with Crippen molar-refractivity contribution in [3.05, 3.63) is 0 Å². The Hall–Kier alpha value is -0.0800. The Labute approximate surface area is 113 Å². The molecular weight excluding hydrogens is 222 g/mol. The summed E-state index contributed by atoms with van der Waals surface area (Å²) in [6.45, 7) is 6.75. The van der Waals surface area contributed by atoms with Gasteiger partial charge in [0.25, 0.3) is 0 Å². The first-order valence-corrected chi connectivity index (χ1v) is 8.10. The summed E-state index contributed by atoms with van der Waals surface area (Å²) in [5.74, 6) is 1.80. The van der Waals surface area contributed by atoms with Crippen molar-refractivity contribution in [2.24, 2.45) is 11.8 Å². The van der Waals surface area contributed by atoms with Gasteiger partial charge in [-0.25, -0.2) is 0 Å². The van der Waals surface area contributed by atoms with E-state index in [0.29, 0.717) is 6.10 Å². The molecule has 0 saturated heterocycles. The van der Waals surface area contributed by atoms with Gasteiger partial charge in [-0.15, -0.1) is 0 Å². The van der Waals surface area contributed by atoms with Gasteiger partial charge in [0.1, 0.15) is 0 Å². The van der Waals surface area contributed by atoms with Crippen molar-refractivity contribution in [3.63, 3.8) is 0 Å². The van der Waals surface area contributed by atoms with Gasteiger partial charge in [-0.3, -0.25) is 0 Å². The van der Waals surface area contributed by atoms with Crippen molar-refractivity contribution < 1.29 is 4.74 Å². The van der Waals surface area contributed by atoms with E-state index in [-0.39, 0.29) is 0 Å². The number of nitrogens with one attached hydrogen (secondary N) is 1. The van der Waals surface area contributed by atoms with Gasteiger partial charge in [0.2, 0.25) is 0 Å². The van der Waals surface area contributed by atoms with Crippen LogP contribution in [0.4, 0.5) is 0 Å². The topological polar surface area (TPSA) is 21.3 Å². The molecule has 0 aliphatic heterocycles. The van der Waals surface area contributed by atoms with E-state index in [9.17, 15) is 0 Å². The molecule has 0 bridgehead atoms. The van der Waals surface area contributed by atoms with Crippen LogP contribution in [0.2, 0.25) is 0 Å². The van der Waals surface area contributed by atoms with Crippen LogP contribution in [-0.4, -0.2) is 25.3 Å². The summed E-state index contributed by atoms with van der Waals surface area (Å²) in [7, 11) is 0. The summed E-state index contributed by atoms with van der Waals surface area (Å²) in [4.78, 5) is 0. The molecule has 106 valence electrons. The minimum absolute atomic E-state index is 0.561. The predicted octanol–water partition coefficient (Wildman–Crippen LogP) is 3.75. The summed E-state index contributed by atoms with van der Waals surface area (Å²) >= 11 is 0. The Bertz CT molecular complexity index is 225. The standard InChI is InChI=1S/C16H31NO/c1-13-8-9-15(12-14(13)2)17-10-11-18-16-6-4-3-5-7-16/h13-17H,3-12H2,1-2H3. The average Bonchev–Trinajstić information content (AvgIpc) is 2.40. The van der Waals surface area contributed by atoms with Gasteiger partial charge in [0, 0.05) is 12.6 Å². The van der Waals surface area contributed by atoms with E-state index >= 15 is 0 Å². The molecule has 0 amide bonds. The molecule has 3 unspecified atom stereocenters. The van der Waals surface area contributed by atoms with E-state index in [1.165, 1.54) is 51.4 Å². The Morgan fingerprint density at radius 3 is 2.44 bits per heavy atom. The van der Waals surface area contributed by atoms with Crippen LogP contribution in [0.15, 0.2) is 0 Å². The van der Waals surface area contributed by atoms with Crippen molar-refractivity contribution >= 4 is 0 Å². The van der Waals surface area contributed by atoms with Gasteiger partial charge >= 0.3 is 0 Å². The van der Waals surface area contributed by atoms with Crippen molar-refractivity contribution in [2.75, 3.05) is 13.2 Å². The Morgan fingerprint density at radius 2 is 1.72 bits per heavy atom. The Kier molecular flexibility index (Phi) is 5.97. The van der Waals surface area contributed by atoms with E-state index in [2.05, 4.69) is 19.2 Å². The highest BCUT2D eigenvalue weighted by atomic mass is 16.5. The van der Waals surface area contributed by atoms with Gasteiger partial charge in [-0.2, -0.15) is 0 Å². The monoisotopic (exact) mass is 253 g/mol. The summed E-state index contributed by atoms with van der Waals surface area (Å²) in [6, 6.07) is 0.742. The molecule has 0 heterocycles. The second-order valence-electron chi connectivity index (χ2n) is 6.55. The number of hydrogen-bond donors (Lipinski definition) is 1. The van der Waals surface area contributed by atoms with Crippen molar-refractivity contribution in [1.29, 1.82) is 0 Å². The predicted molar refractivity (Wildman–Crippen MR) is 76.8 cm³/mol. The van der Waals surface area contributed by atoms with Crippen LogP contribution < -0.4 is 5.32 Å². The van der Waals surface area contributed by atoms with Gasteiger partial charge in [0.15, 0.2) is 0 Å². The molecule has 2 fully saturated rings. The third-order valence-electron chi connectivity index (χ3n) is 5.04. The lowest BCUT2D eigenvalue weighted by atomic mass is 9.79. The molecule has 0 aromatic heterocycles. The first-order chi connectivity index (χ1) is 8.75. The minimum atomic E-state index is 0.561. The molecule has 1 N–H and O–H groups in total. The fourth-order valence-corrected chi connectivity index (χ4v) is 3.45. The van der Waals surface area contributed by atoms with Gasteiger partial charge in [0.05, 0.1) is 12.7 Å². The van der Waals surface area contributed by atoms with E-state index in [1.807, 2.05) is 0 Å². The van der Waals surface area contributed by atoms with Crippen molar-refractivity contribution in [3.8, 4) is 0 Å². The molecule has 2 saturated carbocycles. The second kappa shape index (κ2) is 7.49. The molecule has 3 atom stereocenters. The molecular formula is C16H31NO. The maximum atomic E-state index is 5.96. The third kappa shape index (κ3) is 4.55. The Balaban J connectivity index is 1.52. The summed E-state index contributed by atoms with van der Waals surface area (Å²) < 4.78 is 5.96. The summed E-state index contributed by atoms with van der Waals surface area (Å²) in [5.41, 5.74) is 0. The number of ether oxygens (including phenoxy) is 1. The highest BCUT2D eigenvalue weighted by Gasteiger charge is 2.23. The molecule has 0 aromatic rings. The lowest BCUT2D eigenvalue weighted by Crippen LogP contribution is -2.38. The molecule has 18 heavy (non-hydrogen) atoms. The van der Waals surface area contributed by atoms with Crippen molar-refractivity contribution in [2.45, 2.75) is 77.4 Å². The van der Waals surface area contributed by atoms with Crippen LogP contribution in [-0.2, 0) is 4.74 Å². The van der Waals surface area contributed by atoms with Crippen molar-refractivity contribution in [1.82, 2.24) is 5.32 Å². The largest absolute Gasteiger partial charge is 0.377 e. The third-order valence-corrected chi connectivity index (χ3v) is 5.04. The molecule has 0 aromatic carbocycles.